The molecule has 0 spiro atoms. The average Bonchev–Trinajstić information content (AvgIpc) is 3.34. The summed E-state index contributed by atoms with van der Waals surface area (Å²) < 4.78 is 33.2. The van der Waals surface area contributed by atoms with Crippen LogP contribution in [0.1, 0.15) is 10.4 Å². The highest BCUT2D eigenvalue weighted by Crippen LogP contribution is 2.20. The second-order valence-electron chi connectivity index (χ2n) is 5.64. The van der Waals surface area contributed by atoms with Crippen LogP contribution in [0.15, 0.2) is 71.7 Å². The van der Waals surface area contributed by atoms with Crippen LogP contribution in [-0.2, 0) is 0 Å². The topological polar surface area (TPSA) is 73.0 Å². The Hall–Kier alpha value is -3.81. The molecule has 0 radical (unpaired) electrons. The lowest BCUT2D eigenvalue weighted by molar-refractivity contribution is 0.102. The van der Waals surface area contributed by atoms with E-state index in [0.717, 1.165) is 17.7 Å². The summed E-state index contributed by atoms with van der Waals surface area (Å²) in [5.74, 6) is -1.38. The van der Waals surface area contributed by atoms with Gasteiger partial charge in [0.2, 0.25) is 5.89 Å². The number of benzene rings is 2. The molecule has 6 nitrogen and oxygen atoms in total. The highest BCUT2D eigenvalue weighted by atomic mass is 19.1. The van der Waals surface area contributed by atoms with Gasteiger partial charge < -0.3 is 9.73 Å². The van der Waals surface area contributed by atoms with Crippen molar-refractivity contribution in [3.8, 4) is 17.1 Å². The number of hydrogen-bond donors (Lipinski definition) is 1. The quantitative estimate of drug-likeness (QED) is 0.591. The Labute approximate surface area is 152 Å². The fourth-order valence-electron chi connectivity index (χ4n) is 2.50. The number of amides is 1. The molecule has 2 heterocycles. The summed E-state index contributed by atoms with van der Waals surface area (Å²) in [6.45, 7) is 0. The lowest BCUT2D eigenvalue weighted by Gasteiger charge is -2.04. The molecule has 27 heavy (non-hydrogen) atoms. The number of nitrogens with zero attached hydrogens (tertiary/aromatic N) is 3. The van der Waals surface area contributed by atoms with E-state index in [9.17, 15) is 13.6 Å². The smallest absolute Gasteiger partial charge is 0.258 e. The van der Waals surface area contributed by atoms with Crippen molar-refractivity contribution in [2.45, 2.75) is 0 Å². The molecule has 0 aliphatic carbocycles. The molecule has 8 heteroatoms. The highest BCUT2D eigenvalue weighted by molar-refractivity contribution is 6.04. The zero-order valence-electron chi connectivity index (χ0n) is 13.8. The molecule has 0 atom stereocenters. The van der Waals surface area contributed by atoms with Gasteiger partial charge in [-0.15, -0.1) is 0 Å². The van der Waals surface area contributed by atoms with E-state index in [0.29, 0.717) is 11.6 Å². The number of hydrogen-bond acceptors (Lipinski definition) is 4. The molecule has 2 aromatic carbocycles. The van der Waals surface area contributed by atoms with E-state index in [-0.39, 0.29) is 11.3 Å². The Morgan fingerprint density at radius 3 is 2.63 bits per heavy atom. The van der Waals surface area contributed by atoms with E-state index in [1.165, 1.54) is 29.4 Å². The molecule has 0 unspecified atom stereocenters. The van der Waals surface area contributed by atoms with Gasteiger partial charge in [0, 0.05) is 23.5 Å². The predicted molar refractivity (Wildman–Crippen MR) is 93.4 cm³/mol. The van der Waals surface area contributed by atoms with Crippen molar-refractivity contribution in [3.05, 3.63) is 84.5 Å². The first-order valence-electron chi connectivity index (χ1n) is 7.91. The highest BCUT2D eigenvalue weighted by Gasteiger charge is 2.13. The Bertz CT molecular complexity index is 1090. The summed E-state index contributed by atoms with van der Waals surface area (Å²) in [4.78, 5) is 16.4. The normalized spacial score (nSPS) is 10.7. The minimum Gasteiger partial charge on any atom is -0.445 e. The van der Waals surface area contributed by atoms with Crippen LogP contribution in [-0.4, -0.2) is 20.7 Å². The maximum Gasteiger partial charge on any atom is 0.258 e. The Morgan fingerprint density at radius 1 is 1.11 bits per heavy atom. The molecule has 134 valence electrons. The number of carbonyl (C=O) groups excluding carboxylic acids is 1. The fraction of sp³-hybridized carbons (Fsp3) is 0. The van der Waals surface area contributed by atoms with E-state index in [1.807, 2.05) is 0 Å². The number of oxazole rings is 1. The van der Waals surface area contributed by atoms with Crippen molar-refractivity contribution >= 4 is 11.6 Å². The van der Waals surface area contributed by atoms with E-state index in [1.54, 1.807) is 30.5 Å². The summed E-state index contributed by atoms with van der Waals surface area (Å²) in [6.07, 6.45) is 5.70. The van der Waals surface area contributed by atoms with Gasteiger partial charge in [0.1, 0.15) is 17.8 Å². The predicted octanol–water partition coefficient (Wildman–Crippen LogP) is 4.06. The maximum absolute atomic E-state index is 13.8. The minimum atomic E-state index is -0.771. The van der Waals surface area contributed by atoms with E-state index >= 15 is 0 Å². The van der Waals surface area contributed by atoms with E-state index in [4.69, 9.17) is 4.42 Å². The second-order valence-corrected chi connectivity index (χ2v) is 5.64. The SMILES string of the molecule is O=C(Nc1ccc(-c2ncco2)cc1)c1cnn(-c2ccc(F)cc2F)c1. The lowest BCUT2D eigenvalue weighted by Crippen LogP contribution is -2.11. The molecule has 0 fully saturated rings. The van der Waals surface area contributed by atoms with Gasteiger partial charge in [-0.25, -0.2) is 18.4 Å². The van der Waals surface area contributed by atoms with Crippen molar-refractivity contribution < 1.29 is 18.0 Å². The second kappa shape index (κ2) is 6.83. The third-order valence-corrected chi connectivity index (χ3v) is 3.82. The molecule has 0 saturated carbocycles. The van der Waals surface area contributed by atoms with Crippen molar-refractivity contribution in [1.29, 1.82) is 0 Å². The molecular formula is C19H12F2N4O2. The van der Waals surface area contributed by atoms with Crippen LogP contribution in [0.2, 0.25) is 0 Å². The van der Waals surface area contributed by atoms with Gasteiger partial charge in [-0.05, 0) is 36.4 Å². The summed E-state index contributed by atoms with van der Waals surface area (Å²) in [5.41, 5.74) is 1.62. The largest absolute Gasteiger partial charge is 0.445 e. The summed E-state index contributed by atoms with van der Waals surface area (Å²) in [6, 6.07) is 10.1. The van der Waals surface area contributed by atoms with Crippen LogP contribution in [0.3, 0.4) is 0 Å². The average molecular weight is 366 g/mol. The van der Waals surface area contributed by atoms with Crippen LogP contribution < -0.4 is 5.32 Å². The summed E-state index contributed by atoms with van der Waals surface area (Å²) >= 11 is 0. The summed E-state index contributed by atoms with van der Waals surface area (Å²) in [7, 11) is 0. The Balaban J connectivity index is 1.50. The van der Waals surface area contributed by atoms with Gasteiger partial charge in [0.15, 0.2) is 5.82 Å². The van der Waals surface area contributed by atoms with Crippen LogP contribution in [0.5, 0.6) is 0 Å². The maximum atomic E-state index is 13.8. The molecule has 0 saturated heterocycles. The van der Waals surface area contributed by atoms with Gasteiger partial charge in [0.25, 0.3) is 5.91 Å². The zero-order valence-corrected chi connectivity index (χ0v) is 13.8. The monoisotopic (exact) mass is 366 g/mol. The molecule has 4 aromatic rings. The first-order chi connectivity index (χ1) is 13.1. The molecule has 2 aromatic heterocycles. The standard InChI is InChI=1S/C19H12F2N4O2/c20-14-3-6-17(16(21)9-14)25-11-13(10-23-25)18(26)24-15-4-1-12(2-5-15)19-22-7-8-27-19/h1-11H,(H,24,26). The molecular weight excluding hydrogens is 354 g/mol. The van der Waals surface area contributed by atoms with Gasteiger partial charge in [0.05, 0.1) is 18.0 Å². The minimum absolute atomic E-state index is 0.0470. The zero-order chi connectivity index (χ0) is 18.8. The lowest BCUT2D eigenvalue weighted by atomic mass is 10.2. The van der Waals surface area contributed by atoms with Crippen LogP contribution in [0.4, 0.5) is 14.5 Å². The van der Waals surface area contributed by atoms with Crippen LogP contribution in [0, 0.1) is 11.6 Å². The number of nitrogens with one attached hydrogen (secondary N) is 1. The molecule has 0 bridgehead atoms. The van der Waals surface area contributed by atoms with Crippen molar-refractivity contribution in [2.24, 2.45) is 0 Å². The molecule has 0 aliphatic rings. The molecule has 1 N–H and O–H groups in total. The first kappa shape index (κ1) is 16.6. The number of carbonyl (C=O) groups is 1. The third kappa shape index (κ3) is 3.45. The van der Waals surface area contributed by atoms with E-state index < -0.39 is 17.5 Å². The number of aromatic nitrogens is 3. The van der Waals surface area contributed by atoms with Gasteiger partial charge in [-0.3, -0.25) is 4.79 Å². The van der Waals surface area contributed by atoms with Gasteiger partial charge in [-0.2, -0.15) is 5.10 Å². The number of rotatable bonds is 4. The van der Waals surface area contributed by atoms with E-state index in [2.05, 4.69) is 15.4 Å². The fourth-order valence-corrected chi connectivity index (χ4v) is 2.50. The van der Waals surface area contributed by atoms with Gasteiger partial charge >= 0.3 is 0 Å². The first-order valence-corrected chi connectivity index (χ1v) is 7.91. The molecule has 4 rings (SSSR count). The van der Waals surface area contributed by atoms with Crippen LogP contribution >= 0.6 is 0 Å². The summed E-state index contributed by atoms with van der Waals surface area (Å²) in [5, 5.41) is 6.68. The third-order valence-electron chi connectivity index (χ3n) is 3.82. The van der Waals surface area contributed by atoms with Crippen molar-refractivity contribution in [1.82, 2.24) is 14.8 Å². The van der Waals surface area contributed by atoms with Gasteiger partial charge in [-0.1, -0.05) is 0 Å². The van der Waals surface area contributed by atoms with Crippen LogP contribution in [0.25, 0.3) is 17.1 Å². The Kier molecular flexibility index (Phi) is 4.21. The van der Waals surface area contributed by atoms with Crippen molar-refractivity contribution in [2.75, 3.05) is 5.32 Å². The number of anilines is 1. The molecule has 1 amide bonds. The van der Waals surface area contributed by atoms with Crippen molar-refractivity contribution in [3.63, 3.8) is 0 Å². The number of halogens is 2. The Morgan fingerprint density at radius 2 is 1.93 bits per heavy atom. The molecule has 0 aliphatic heterocycles.